The molecule has 0 radical (unpaired) electrons. The quantitative estimate of drug-likeness (QED) is 0.743. The first kappa shape index (κ1) is 15.3. The zero-order valence-electron chi connectivity index (χ0n) is 12.3. The predicted octanol–water partition coefficient (Wildman–Crippen LogP) is 0.261. The number of carbonyl (C=O) groups excluding carboxylic acids is 2. The van der Waals surface area contributed by atoms with E-state index in [1.165, 1.54) is 0 Å². The number of hydrogen-bond donors (Lipinski definition) is 0. The van der Waals surface area contributed by atoms with Gasteiger partial charge in [0.15, 0.2) is 0 Å². The van der Waals surface area contributed by atoms with Crippen LogP contribution in [-0.2, 0) is 19.1 Å². The molecular formula is C14H24N2O4. The molecule has 2 atom stereocenters. The molecule has 2 aliphatic heterocycles. The Morgan fingerprint density at radius 2 is 1.90 bits per heavy atom. The summed E-state index contributed by atoms with van der Waals surface area (Å²) in [6.45, 7) is 4.95. The molecule has 0 spiro atoms. The maximum absolute atomic E-state index is 12.2. The molecule has 0 aromatic heterocycles. The van der Waals surface area contributed by atoms with E-state index in [2.05, 4.69) is 0 Å². The number of amides is 2. The van der Waals surface area contributed by atoms with Crippen molar-refractivity contribution in [2.75, 3.05) is 39.9 Å². The summed E-state index contributed by atoms with van der Waals surface area (Å²) in [5.41, 5.74) is 0. The molecule has 0 bridgehead atoms. The summed E-state index contributed by atoms with van der Waals surface area (Å²) in [5, 5.41) is 0. The van der Waals surface area contributed by atoms with Crippen molar-refractivity contribution in [1.29, 1.82) is 0 Å². The van der Waals surface area contributed by atoms with E-state index in [1.54, 1.807) is 12.0 Å². The number of hydrogen-bond acceptors (Lipinski definition) is 4. The van der Waals surface area contributed by atoms with E-state index in [9.17, 15) is 9.59 Å². The molecule has 6 nitrogen and oxygen atoms in total. The molecule has 2 saturated heterocycles. The fraction of sp³-hybridized carbons (Fsp3) is 0.857. The minimum Gasteiger partial charge on any atom is -0.372 e. The zero-order valence-corrected chi connectivity index (χ0v) is 12.3. The number of ether oxygens (including phenoxy) is 2. The molecule has 2 rings (SSSR count). The minimum absolute atomic E-state index is 0.0271. The van der Waals surface area contributed by atoms with Gasteiger partial charge in [-0.2, -0.15) is 0 Å². The highest BCUT2D eigenvalue weighted by atomic mass is 16.5. The zero-order chi connectivity index (χ0) is 14.5. The highest BCUT2D eigenvalue weighted by Crippen LogP contribution is 2.16. The Balaban J connectivity index is 1.82. The topological polar surface area (TPSA) is 59.1 Å². The lowest BCUT2D eigenvalue weighted by molar-refractivity contribution is -0.150. The first-order chi connectivity index (χ1) is 9.67. The van der Waals surface area contributed by atoms with Crippen LogP contribution in [0.25, 0.3) is 0 Å². The third kappa shape index (κ3) is 3.30. The van der Waals surface area contributed by atoms with E-state index < -0.39 is 0 Å². The fourth-order valence-electron chi connectivity index (χ4n) is 2.77. The molecule has 0 aromatic carbocycles. The van der Waals surface area contributed by atoms with E-state index >= 15 is 0 Å². The van der Waals surface area contributed by atoms with Crippen LogP contribution >= 0.6 is 0 Å². The maximum Gasteiger partial charge on any atom is 0.251 e. The van der Waals surface area contributed by atoms with Crippen LogP contribution in [0.5, 0.6) is 0 Å². The van der Waals surface area contributed by atoms with Gasteiger partial charge in [0.05, 0.1) is 0 Å². The number of piperazine rings is 1. The first-order valence-electron chi connectivity index (χ1n) is 7.39. The molecule has 114 valence electrons. The third-order valence-electron chi connectivity index (χ3n) is 4.04. The average molecular weight is 284 g/mol. The molecule has 2 heterocycles. The first-order valence-corrected chi connectivity index (χ1v) is 7.39. The summed E-state index contributed by atoms with van der Waals surface area (Å²) in [4.78, 5) is 28.0. The molecule has 6 heteroatoms. The SMILES string of the molecule is CCC(OC)C(=O)N1CCN(C(=O)C2CCCO2)CC1. The van der Waals surface area contributed by atoms with Crippen LogP contribution in [-0.4, -0.2) is 73.7 Å². The molecule has 0 aliphatic carbocycles. The van der Waals surface area contributed by atoms with Crippen molar-refractivity contribution in [3.63, 3.8) is 0 Å². The van der Waals surface area contributed by atoms with Gasteiger partial charge >= 0.3 is 0 Å². The minimum atomic E-state index is -0.365. The normalized spacial score (nSPS) is 24.8. The van der Waals surface area contributed by atoms with Crippen LogP contribution in [0.4, 0.5) is 0 Å². The van der Waals surface area contributed by atoms with Crippen molar-refractivity contribution < 1.29 is 19.1 Å². The van der Waals surface area contributed by atoms with Gasteiger partial charge in [0.1, 0.15) is 12.2 Å². The van der Waals surface area contributed by atoms with Crippen molar-refractivity contribution in [3.8, 4) is 0 Å². The highest BCUT2D eigenvalue weighted by molar-refractivity contribution is 5.83. The van der Waals surface area contributed by atoms with Crippen molar-refractivity contribution in [2.45, 2.75) is 38.4 Å². The second kappa shape index (κ2) is 7.04. The molecular weight excluding hydrogens is 260 g/mol. The summed E-state index contributed by atoms with van der Waals surface area (Å²) in [6, 6.07) is 0. The van der Waals surface area contributed by atoms with E-state index in [1.807, 2.05) is 11.8 Å². The van der Waals surface area contributed by atoms with E-state index in [0.29, 0.717) is 39.2 Å². The predicted molar refractivity (Wildman–Crippen MR) is 73.2 cm³/mol. The molecule has 0 saturated carbocycles. The molecule has 0 aromatic rings. The Morgan fingerprint density at radius 3 is 2.40 bits per heavy atom. The van der Waals surface area contributed by atoms with Crippen LogP contribution in [0.3, 0.4) is 0 Å². The van der Waals surface area contributed by atoms with Gasteiger partial charge in [0.25, 0.3) is 11.8 Å². The van der Waals surface area contributed by atoms with Gasteiger partial charge in [0.2, 0.25) is 0 Å². The molecule has 0 N–H and O–H groups in total. The van der Waals surface area contributed by atoms with Crippen molar-refractivity contribution in [1.82, 2.24) is 9.80 Å². The monoisotopic (exact) mass is 284 g/mol. The van der Waals surface area contributed by atoms with E-state index in [0.717, 1.165) is 12.8 Å². The number of rotatable bonds is 4. The summed E-state index contributed by atoms with van der Waals surface area (Å²) >= 11 is 0. The van der Waals surface area contributed by atoms with Gasteiger partial charge in [-0.3, -0.25) is 9.59 Å². The Labute approximate surface area is 120 Å². The summed E-state index contributed by atoms with van der Waals surface area (Å²) in [5.74, 6) is 0.104. The van der Waals surface area contributed by atoms with Gasteiger partial charge in [-0.1, -0.05) is 6.92 Å². The Hall–Kier alpha value is -1.14. The maximum atomic E-state index is 12.2. The van der Waals surface area contributed by atoms with Gasteiger partial charge < -0.3 is 19.3 Å². The molecule has 20 heavy (non-hydrogen) atoms. The number of carbonyl (C=O) groups is 2. The Bertz CT molecular complexity index is 321. The van der Waals surface area contributed by atoms with E-state index in [4.69, 9.17) is 9.47 Å². The molecule has 2 fully saturated rings. The molecule has 2 aliphatic rings. The Morgan fingerprint density at radius 1 is 1.25 bits per heavy atom. The van der Waals surface area contributed by atoms with Crippen molar-refractivity contribution in [2.24, 2.45) is 0 Å². The number of nitrogens with zero attached hydrogens (tertiary/aromatic N) is 2. The van der Waals surface area contributed by atoms with Crippen LogP contribution in [0.2, 0.25) is 0 Å². The smallest absolute Gasteiger partial charge is 0.251 e. The van der Waals surface area contributed by atoms with Crippen LogP contribution < -0.4 is 0 Å². The molecule has 2 unspecified atom stereocenters. The lowest BCUT2D eigenvalue weighted by Gasteiger charge is -2.36. The molecule has 2 amide bonds. The third-order valence-corrected chi connectivity index (χ3v) is 4.04. The van der Waals surface area contributed by atoms with Crippen molar-refractivity contribution in [3.05, 3.63) is 0 Å². The standard InChI is InChI=1S/C14H24N2O4/c1-3-11(19-2)13(17)15-6-8-16(9-7-15)14(18)12-5-4-10-20-12/h11-12H,3-10H2,1-2H3. The fourth-order valence-corrected chi connectivity index (χ4v) is 2.77. The van der Waals surface area contributed by atoms with Gasteiger partial charge in [0, 0.05) is 39.9 Å². The second-order valence-electron chi connectivity index (χ2n) is 5.28. The number of methoxy groups -OCH3 is 1. The van der Waals surface area contributed by atoms with Crippen LogP contribution in [0, 0.1) is 0 Å². The Kier molecular flexibility index (Phi) is 5.37. The lowest BCUT2D eigenvalue weighted by atomic mass is 10.2. The van der Waals surface area contributed by atoms with Gasteiger partial charge in [-0.05, 0) is 19.3 Å². The second-order valence-corrected chi connectivity index (χ2v) is 5.28. The van der Waals surface area contributed by atoms with Crippen molar-refractivity contribution >= 4 is 11.8 Å². The van der Waals surface area contributed by atoms with Gasteiger partial charge in [-0.15, -0.1) is 0 Å². The van der Waals surface area contributed by atoms with Gasteiger partial charge in [-0.25, -0.2) is 0 Å². The summed E-state index contributed by atoms with van der Waals surface area (Å²) < 4.78 is 10.6. The van der Waals surface area contributed by atoms with Crippen LogP contribution in [0.1, 0.15) is 26.2 Å². The lowest BCUT2D eigenvalue weighted by Crippen LogP contribution is -2.54. The van der Waals surface area contributed by atoms with Crippen LogP contribution in [0.15, 0.2) is 0 Å². The summed E-state index contributed by atoms with van der Waals surface area (Å²) in [6.07, 6.45) is 1.82. The highest BCUT2D eigenvalue weighted by Gasteiger charge is 2.32. The summed E-state index contributed by atoms with van der Waals surface area (Å²) in [7, 11) is 1.56. The largest absolute Gasteiger partial charge is 0.372 e. The average Bonchev–Trinajstić information content (AvgIpc) is 3.02. The van der Waals surface area contributed by atoms with E-state index in [-0.39, 0.29) is 24.0 Å².